The van der Waals surface area contributed by atoms with E-state index >= 15 is 0 Å². The lowest BCUT2D eigenvalue weighted by Crippen LogP contribution is -2.35. The molecular formula is C18H24N2O. The lowest BCUT2D eigenvalue weighted by molar-refractivity contribution is 0.392. The van der Waals surface area contributed by atoms with Crippen LogP contribution in [0.3, 0.4) is 0 Å². The fraction of sp³-hybridized carbons (Fsp3) is 0.500. The molecule has 1 heterocycles. The van der Waals surface area contributed by atoms with Crippen molar-refractivity contribution in [3.8, 4) is 11.3 Å². The van der Waals surface area contributed by atoms with E-state index in [1.165, 1.54) is 16.7 Å². The van der Waals surface area contributed by atoms with Gasteiger partial charge in [0.15, 0.2) is 5.76 Å². The van der Waals surface area contributed by atoms with Gasteiger partial charge in [-0.05, 0) is 38.2 Å². The molecule has 0 unspecified atom stereocenters. The quantitative estimate of drug-likeness (QED) is 0.903. The van der Waals surface area contributed by atoms with Crippen molar-refractivity contribution in [2.75, 3.05) is 0 Å². The Morgan fingerprint density at radius 3 is 2.67 bits per heavy atom. The molecule has 21 heavy (non-hydrogen) atoms. The Balaban J connectivity index is 2.01. The number of nitrogens with zero attached hydrogens (tertiary/aromatic N) is 1. The molecule has 1 aliphatic carbocycles. The third-order valence-corrected chi connectivity index (χ3v) is 4.18. The predicted molar refractivity (Wildman–Crippen MR) is 85.3 cm³/mol. The fourth-order valence-electron chi connectivity index (χ4n) is 3.03. The van der Waals surface area contributed by atoms with Crippen LogP contribution in [0.4, 0.5) is 0 Å². The van der Waals surface area contributed by atoms with Crippen molar-refractivity contribution >= 4 is 0 Å². The molecule has 0 amide bonds. The third kappa shape index (κ3) is 2.62. The van der Waals surface area contributed by atoms with E-state index in [1.54, 1.807) is 0 Å². The standard InChI is InChI=1S/C18H24N2O/c1-17(2,3)19-11-15-13-10-18(4,5)14-9-7-6-8-12(14)16(13)21-20-15/h6-9,19H,10-11H2,1-5H3. The van der Waals surface area contributed by atoms with Crippen molar-refractivity contribution in [3.05, 3.63) is 41.1 Å². The Morgan fingerprint density at radius 2 is 1.95 bits per heavy atom. The second-order valence-electron chi connectivity index (χ2n) is 7.65. The smallest absolute Gasteiger partial charge is 0.170 e. The van der Waals surface area contributed by atoms with Crippen LogP contribution < -0.4 is 5.32 Å². The number of aromatic nitrogens is 1. The number of benzene rings is 1. The zero-order valence-corrected chi connectivity index (χ0v) is 13.6. The minimum absolute atomic E-state index is 0.0773. The van der Waals surface area contributed by atoms with Crippen LogP contribution in [0.25, 0.3) is 11.3 Å². The van der Waals surface area contributed by atoms with Crippen LogP contribution in [0.5, 0.6) is 0 Å². The molecule has 3 nitrogen and oxygen atoms in total. The second-order valence-corrected chi connectivity index (χ2v) is 7.65. The summed E-state index contributed by atoms with van der Waals surface area (Å²) < 4.78 is 5.68. The summed E-state index contributed by atoms with van der Waals surface area (Å²) in [6.45, 7) is 11.8. The molecule has 1 N–H and O–H groups in total. The number of fused-ring (bicyclic) bond motifs is 3. The van der Waals surface area contributed by atoms with Crippen molar-refractivity contribution in [2.45, 2.75) is 58.5 Å². The highest BCUT2D eigenvalue weighted by Gasteiger charge is 2.35. The van der Waals surface area contributed by atoms with Gasteiger partial charge in [-0.3, -0.25) is 0 Å². The van der Waals surface area contributed by atoms with Gasteiger partial charge in [-0.25, -0.2) is 0 Å². The maximum atomic E-state index is 5.68. The van der Waals surface area contributed by atoms with Gasteiger partial charge in [-0.15, -0.1) is 0 Å². The molecule has 1 aromatic carbocycles. The molecule has 0 saturated heterocycles. The Bertz CT molecular complexity index is 662. The minimum atomic E-state index is 0.0773. The molecule has 1 aliphatic rings. The maximum Gasteiger partial charge on any atom is 0.170 e. The van der Waals surface area contributed by atoms with E-state index < -0.39 is 0 Å². The SMILES string of the molecule is CC(C)(C)NCc1noc2c1CC(C)(C)c1ccccc1-2. The molecule has 0 fully saturated rings. The highest BCUT2D eigenvalue weighted by atomic mass is 16.5. The molecule has 0 saturated carbocycles. The van der Waals surface area contributed by atoms with Crippen LogP contribution in [0, 0.1) is 0 Å². The molecule has 1 aromatic heterocycles. The van der Waals surface area contributed by atoms with Crippen LogP contribution in [-0.4, -0.2) is 10.7 Å². The molecule has 3 heteroatoms. The van der Waals surface area contributed by atoms with Crippen LogP contribution in [0.15, 0.2) is 28.8 Å². The van der Waals surface area contributed by atoms with Crippen LogP contribution in [0.2, 0.25) is 0 Å². The predicted octanol–water partition coefficient (Wildman–Crippen LogP) is 4.06. The Kier molecular flexibility index (Phi) is 3.21. The molecule has 0 spiro atoms. The maximum absolute atomic E-state index is 5.68. The van der Waals surface area contributed by atoms with Crippen molar-refractivity contribution in [1.29, 1.82) is 0 Å². The molecule has 0 atom stereocenters. The van der Waals surface area contributed by atoms with E-state index in [1.807, 2.05) is 0 Å². The topological polar surface area (TPSA) is 38.1 Å². The average Bonchev–Trinajstić information content (AvgIpc) is 2.78. The number of hydrogen-bond acceptors (Lipinski definition) is 3. The van der Waals surface area contributed by atoms with E-state index in [-0.39, 0.29) is 11.0 Å². The van der Waals surface area contributed by atoms with Crippen LogP contribution >= 0.6 is 0 Å². The van der Waals surface area contributed by atoms with E-state index in [0.717, 1.165) is 24.4 Å². The van der Waals surface area contributed by atoms with Gasteiger partial charge in [0.05, 0.1) is 0 Å². The Morgan fingerprint density at radius 1 is 1.24 bits per heavy atom. The van der Waals surface area contributed by atoms with E-state index in [4.69, 9.17) is 4.52 Å². The highest BCUT2D eigenvalue weighted by molar-refractivity contribution is 5.70. The first-order valence-electron chi connectivity index (χ1n) is 7.60. The van der Waals surface area contributed by atoms with E-state index in [0.29, 0.717) is 0 Å². The highest BCUT2D eigenvalue weighted by Crippen LogP contribution is 2.44. The fourth-order valence-corrected chi connectivity index (χ4v) is 3.03. The molecule has 0 aliphatic heterocycles. The summed E-state index contributed by atoms with van der Waals surface area (Å²) in [5, 5.41) is 7.83. The van der Waals surface area contributed by atoms with Gasteiger partial charge in [0.25, 0.3) is 0 Å². The molecule has 3 rings (SSSR count). The second kappa shape index (κ2) is 4.70. The van der Waals surface area contributed by atoms with Gasteiger partial charge < -0.3 is 9.84 Å². The third-order valence-electron chi connectivity index (χ3n) is 4.18. The molecule has 112 valence electrons. The average molecular weight is 284 g/mol. The summed E-state index contributed by atoms with van der Waals surface area (Å²) in [5.41, 5.74) is 5.04. The van der Waals surface area contributed by atoms with Gasteiger partial charge in [0.1, 0.15) is 5.69 Å². The molecular weight excluding hydrogens is 260 g/mol. The van der Waals surface area contributed by atoms with E-state index in [2.05, 4.69) is 69.4 Å². The largest absolute Gasteiger partial charge is 0.356 e. The van der Waals surface area contributed by atoms with Crippen molar-refractivity contribution in [1.82, 2.24) is 10.5 Å². The number of hydrogen-bond donors (Lipinski definition) is 1. The van der Waals surface area contributed by atoms with Crippen molar-refractivity contribution in [2.24, 2.45) is 0 Å². The van der Waals surface area contributed by atoms with Gasteiger partial charge in [0.2, 0.25) is 0 Å². The normalized spacial score (nSPS) is 16.4. The lowest BCUT2D eigenvalue weighted by atomic mass is 9.72. The van der Waals surface area contributed by atoms with Crippen LogP contribution in [0.1, 0.15) is 51.4 Å². The van der Waals surface area contributed by atoms with Crippen LogP contribution in [-0.2, 0) is 18.4 Å². The van der Waals surface area contributed by atoms with E-state index in [9.17, 15) is 0 Å². The summed E-state index contributed by atoms with van der Waals surface area (Å²) in [7, 11) is 0. The van der Waals surface area contributed by atoms with Crippen molar-refractivity contribution < 1.29 is 4.52 Å². The number of rotatable bonds is 2. The zero-order chi connectivity index (χ0) is 15.3. The summed E-state index contributed by atoms with van der Waals surface area (Å²) in [6, 6.07) is 8.51. The number of nitrogens with one attached hydrogen (secondary N) is 1. The Labute approximate surface area is 126 Å². The molecule has 2 aromatic rings. The Hall–Kier alpha value is -1.61. The summed E-state index contributed by atoms with van der Waals surface area (Å²) >= 11 is 0. The summed E-state index contributed by atoms with van der Waals surface area (Å²) in [4.78, 5) is 0. The first-order chi connectivity index (χ1) is 9.78. The van der Waals surface area contributed by atoms with Crippen molar-refractivity contribution in [3.63, 3.8) is 0 Å². The first-order valence-corrected chi connectivity index (χ1v) is 7.60. The van der Waals surface area contributed by atoms with Gasteiger partial charge in [0, 0.05) is 23.2 Å². The lowest BCUT2D eigenvalue weighted by Gasteiger charge is -2.31. The minimum Gasteiger partial charge on any atom is -0.356 e. The molecule has 0 bridgehead atoms. The first kappa shape index (κ1) is 14.3. The molecule has 0 radical (unpaired) electrons. The summed E-state index contributed by atoms with van der Waals surface area (Å²) in [6.07, 6.45) is 0.976. The van der Waals surface area contributed by atoms with Gasteiger partial charge >= 0.3 is 0 Å². The summed E-state index contributed by atoms with van der Waals surface area (Å²) in [5.74, 6) is 0.954. The zero-order valence-electron chi connectivity index (χ0n) is 13.6. The van der Waals surface area contributed by atoms with Gasteiger partial charge in [-0.2, -0.15) is 0 Å². The van der Waals surface area contributed by atoms with Gasteiger partial charge in [-0.1, -0.05) is 43.3 Å². The monoisotopic (exact) mass is 284 g/mol.